The van der Waals surface area contributed by atoms with Crippen molar-refractivity contribution in [3.63, 3.8) is 0 Å². The summed E-state index contributed by atoms with van der Waals surface area (Å²) in [4.78, 5) is 20.3. The monoisotopic (exact) mass is 282 g/mol. The second-order valence-electron chi connectivity index (χ2n) is 4.21. The van der Waals surface area contributed by atoms with Crippen LogP contribution in [0.15, 0.2) is 6.07 Å². The minimum atomic E-state index is -0.207. The Morgan fingerprint density at radius 1 is 1.20 bits per heavy atom. The first-order chi connectivity index (χ1) is 9.67. The lowest BCUT2D eigenvalue weighted by Gasteiger charge is -2.08. The molecule has 0 aromatic carbocycles. The maximum Gasteiger partial charge on any atom is 0.270 e. The van der Waals surface area contributed by atoms with E-state index >= 15 is 0 Å². The van der Waals surface area contributed by atoms with Crippen LogP contribution in [0.25, 0.3) is 0 Å². The summed E-state index contributed by atoms with van der Waals surface area (Å²) in [6.45, 7) is 4.13. The summed E-state index contributed by atoms with van der Waals surface area (Å²) in [5, 5.41) is 5.88. The lowest BCUT2D eigenvalue weighted by Crippen LogP contribution is -2.26. The van der Waals surface area contributed by atoms with Gasteiger partial charge in [0.15, 0.2) is 0 Å². The molecule has 112 valence electrons. The molecule has 0 saturated heterocycles. The fourth-order valence-electron chi connectivity index (χ4n) is 1.56. The van der Waals surface area contributed by atoms with Gasteiger partial charge in [-0.15, -0.1) is 0 Å². The summed E-state index contributed by atoms with van der Waals surface area (Å²) in [6, 6.07) is 1.63. The van der Waals surface area contributed by atoms with E-state index in [0.717, 1.165) is 6.42 Å². The molecule has 0 aliphatic carbocycles. The Kier molecular flexibility index (Phi) is 7.52. The molecule has 0 saturated carbocycles. The summed E-state index contributed by atoms with van der Waals surface area (Å²) in [5.74, 6) is 0.965. The summed E-state index contributed by atoms with van der Waals surface area (Å²) in [7, 11) is 3.26. The van der Waals surface area contributed by atoms with Gasteiger partial charge in [0.25, 0.3) is 5.91 Å². The number of rotatable bonds is 9. The molecule has 0 atom stereocenters. The van der Waals surface area contributed by atoms with Crippen LogP contribution in [0.1, 0.15) is 22.7 Å². The first-order valence-electron chi connectivity index (χ1n) is 6.53. The quantitative estimate of drug-likeness (QED) is 0.645. The zero-order valence-corrected chi connectivity index (χ0v) is 12.2. The number of carbonyl (C=O) groups is 1. The molecule has 0 radical (unpaired) electrons. The highest BCUT2D eigenvalue weighted by Gasteiger charge is 2.09. The minimum Gasteiger partial charge on any atom is -0.385 e. The highest BCUT2D eigenvalue weighted by Crippen LogP contribution is 2.06. The minimum absolute atomic E-state index is 0.207. The molecular weight excluding hydrogens is 260 g/mol. The van der Waals surface area contributed by atoms with Gasteiger partial charge in [0.2, 0.25) is 0 Å². The van der Waals surface area contributed by atoms with Crippen molar-refractivity contribution in [2.75, 3.05) is 45.8 Å². The number of amides is 1. The van der Waals surface area contributed by atoms with Crippen LogP contribution in [0.4, 0.5) is 5.82 Å². The number of aromatic nitrogens is 2. The average molecular weight is 282 g/mol. The smallest absolute Gasteiger partial charge is 0.270 e. The fourth-order valence-corrected chi connectivity index (χ4v) is 1.56. The van der Waals surface area contributed by atoms with E-state index in [2.05, 4.69) is 20.6 Å². The van der Waals surface area contributed by atoms with E-state index in [4.69, 9.17) is 9.47 Å². The van der Waals surface area contributed by atoms with Gasteiger partial charge in [0.05, 0.1) is 6.61 Å². The van der Waals surface area contributed by atoms with Crippen LogP contribution in [0.3, 0.4) is 0 Å². The lowest BCUT2D eigenvalue weighted by atomic mass is 10.3. The summed E-state index contributed by atoms with van der Waals surface area (Å²) < 4.78 is 9.87. The van der Waals surface area contributed by atoms with Gasteiger partial charge in [-0.25, -0.2) is 9.97 Å². The van der Waals surface area contributed by atoms with E-state index in [1.807, 2.05) is 0 Å². The third-order valence-corrected chi connectivity index (χ3v) is 2.49. The number of ether oxygens (including phenoxy) is 2. The standard InChI is InChI=1S/C13H22N4O3/c1-10-16-11(13(18)15-5-4-7-19-2)9-12(17-10)14-6-8-20-3/h9H,4-8H2,1-3H3,(H,15,18)(H,14,16,17). The van der Waals surface area contributed by atoms with Gasteiger partial charge in [0.1, 0.15) is 17.3 Å². The van der Waals surface area contributed by atoms with E-state index in [9.17, 15) is 4.79 Å². The van der Waals surface area contributed by atoms with E-state index < -0.39 is 0 Å². The first kappa shape index (κ1) is 16.3. The molecule has 0 aliphatic rings. The van der Waals surface area contributed by atoms with Crippen molar-refractivity contribution in [3.8, 4) is 0 Å². The van der Waals surface area contributed by atoms with Crippen molar-refractivity contribution in [3.05, 3.63) is 17.6 Å². The molecule has 0 fully saturated rings. The number of hydrogen-bond acceptors (Lipinski definition) is 6. The van der Waals surface area contributed by atoms with Gasteiger partial charge in [-0.1, -0.05) is 0 Å². The molecule has 7 heteroatoms. The van der Waals surface area contributed by atoms with Crippen LogP contribution >= 0.6 is 0 Å². The Hall–Kier alpha value is -1.73. The highest BCUT2D eigenvalue weighted by molar-refractivity contribution is 5.92. The molecular formula is C13H22N4O3. The summed E-state index contributed by atoms with van der Waals surface area (Å²) in [5.41, 5.74) is 0.356. The van der Waals surface area contributed by atoms with Gasteiger partial charge in [-0.2, -0.15) is 0 Å². The number of aryl methyl sites for hydroxylation is 1. The zero-order valence-electron chi connectivity index (χ0n) is 12.2. The maximum atomic E-state index is 11.9. The third-order valence-electron chi connectivity index (χ3n) is 2.49. The predicted molar refractivity (Wildman–Crippen MR) is 76.0 cm³/mol. The Bertz CT molecular complexity index is 426. The number of methoxy groups -OCH3 is 2. The molecule has 1 heterocycles. The van der Waals surface area contributed by atoms with E-state index in [-0.39, 0.29) is 5.91 Å². The van der Waals surface area contributed by atoms with Gasteiger partial charge in [0, 0.05) is 40.0 Å². The Labute approximate surface area is 119 Å². The molecule has 20 heavy (non-hydrogen) atoms. The Morgan fingerprint density at radius 3 is 2.65 bits per heavy atom. The zero-order chi connectivity index (χ0) is 14.8. The molecule has 1 rings (SSSR count). The van der Waals surface area contributed by atoms with Gasteiger partial charge in [-0.05, 0) is 13.3 Å². The number of nitrogens with one attached hydrogen (secondary N) is 2. The number of anilines is 1. The van der Waals surface area contributed by atoms with Crippen molar-refractivity contribution >= 4 is 11.7 Å². The van der Waals surface area contributed by atoms with Gasteiger partial charge >= 0.3 is 0 Å². The van der Waals surface area contributed by atoms with E-state index in [1.54, 1.807) is 27.2 Å². The molecule has 7 nitrogen and oxygen atoms in total. The summed E-state index contributed by atoms with van der Waals surface area (Å²) in [6.07, 6.45) is 0.769. The predicted octanol–water partition coefficient (Wildman–Crippen LogP) is 0.610. The van der Waals surface area contributed by atoms with Crippen LogP contribution in [-0.2, 0) is 9.47 Å². The second kappa shape index (κ2) is 9.22. The SMILES string of the molecule is COCCCNC(=O)c1cc(NCCOC)nc(C)n1. The number of carbonyl (C=O) groups excluding carboxylic acids is 1. The van der Waals surface area contributed by atoms with Gasteiger partial charge in [-0.3, -0.25) is 4.79 Å². The molecule has 0 unspecified atom stereocenters. The molecule has 0 bridgehead atoms. The van der Waals surface area contributed by atoms with Crippen molar-refractivity contribution in [2.24, 2.45) is 0 Å². The van der Waals surface area contributed by atoms with Crippen LogP contribution in [0, 0.1) is 6.92 Å². The Morgan fingerprint density at radius 2 is 1.95 bits per heavy atom. The van der Waals surface area contributed by atoms with Gasteiger partial charge < -0.3 is 20.1 Å². The van der Waals surface area contributed by atoms with E-state index in [1.165, 1.54) is 0 Å². The number of hydrogen-bond donors (Lipinski definition) is 2. The highest BCUT2D eigenvalue weighted by atomic mass is 16.5. The third kappa shape index (κ3) is 5.94. The molecule has 2 N–H and O–H groups in total. The topological polar surface area (TPSA) is 85.4 Å². The maximum absolute atomic E-state index is 11.9. The normalized spacial score (nSPS) is 10.3. The Balaban J connectivity index is 2.57. The van der Waals surface area contributed by atoms with Crippen LogP contribution < -0.4 is 10.6 Å². The molecule has 1 aromatic rings. The molecule has 0 aliphatic heterocycles. The average Bonchev–Trinajstić information content (AvgIpc) is 2.43. The fraction of sp³-hybridized carbons (Fsp3) is 0.615. The van der Waals surface area contributed by atoms with Crippen molar-refractivity contribution in [2.45, 2.75) is 13.3 Å². The van der Waals surface area contributed by atoms with Crippen molar-refractivity contribution in [1.82, 2.24) is 15.3 Å². The first-order valence-corrected chi connectivity index (χ1v) is 6.53. The van der Waals surface area contributed by atoms with Crippen LogP contribution in [0.2, 0.25) is 0 Å². The van der Waals surface area contributed by atoms with Crippen LogP contribution in [-0.4, -0.2) is 56.4 Å². The molecule has 1 amide bonds. The second-order valence-corrected chi connectivity index (χ2v) is 4.21. The lowest BCUT2D eigenvalue weighted by molar-refractivity contribution is 0.0943. The largest absolute Gasteiger partial charge is 0.385 e. The molecule has 0 spiro atoms. The van der Waals surface area contributed by atoms with Crippen molar-refractivity contribution in [1.29, 1.82) is 0 Å². The summed E-state index contributed by atoms with van der Waals surface area (Å²) >= 11 is 0. The van der Waals surface area contributed by atoms with Crippen LogP contribution in [0.5, 0.6) is 0 Å². The van der Waals surface area contributed by atoms with Crippen molar-refractivity contribution < 1.29 is 14.3 Å². The van der Waals surface area contributed by atoms with E-state index in [0.29, 0.717) is 43.6 Å². The molecule has 1 aromatic heterocycles. The number of nitrogens with zero attached hydrogens (tertiary/aromatic N) is 2.